The van der Waals surface area contributed by atoms with Gasteiger partial charge in [-0.25, -0.2) is 0 Å². The Morgan fingerprint density at radius 3 is 2.55 bits per heavy atom. The van der Waals surface area contributed by atoms with Gasteiger partial charge in [-0.3, -0.25) is 9.69 Å². The van der Waals surface area contributed by atoms with Gasteiger partial charge in [0.1, 0.15) is 0 Å². The van der Waals surface area contributed by atoms with Crippen LogP contribution >= 0.6 is 0 Å². The molecule has 1 amide bonds. The summed E-state index contributed by atoms with van der Waals surface area (Å²) in [7, 11) is 0. The molecule has 4 heteroatoms. The fourth-order valence-corrected chi connectivity index (χ4v) is 4.89. The minimum absolute atomic E-state index is 0.283. The Morgan fingerprint density at radius 2 is 1.85 bits per heavy atom. The Hall–Kier alpha value is -0.610. The lowest BCUT2D eigenvalue weighted by Gasteiger charge is -2.39. The molecule has 0 aliphatic carbocycles. The Bertz CT molecular complexity index is 380. The van der Waals surface area contributed by atoms with Crippen molar-refractivity contribution in [2.45, 2.75) is 63.1 Å². The predicted octanol–water partition coefficient (Wildman–Crippen LogP) is 1.21. The summed E-state index contributed by atoms with van der Waals surface area (Å²) in [6, 6.07) is 1.76. The van der Waals surface area contributed by atoms with E-state index in [9.17, 15) is 4.79 Å². The van der Waals surface area contributed by atoms with Gasteiger partial charge in [-0.2, -0.15) is 0 Å². The predicted molar refractivity (Wildman–Crippen MR) is 78.5 cm³/mol. The van der Waals surface area contributed by atoms with Gasteiger partial charge in [-0.1, -0.05) is 0 Å². The number of likely N-dealkylation sites (tertiary alicyclic amines) is 2. The van der Waals surface area contributed by atoms with Crippen molar-refractivity contribution in [3.8, 4) is 0 Å². The van der Waals surface area contributed by atoms with Crippen LogP contribution in [0, 0.1) is 5.92 Å². The van der Waals surface area contributed by atoms with Crippen molar-refractivity contribution in [2.24, 2.45) is 5.92 Å². The first-order valence-corrected chi connectivity index (χ1v) is 8.60. The number of nitrogens with zero attached hydrogens (tertiary/aromatic N) is 2. The Kier molecular flexibility index (Phi) is 3.47. The smallest absolute Gasteiger partial charge is 0.227 e. The average Bonchev–Trinajstić information content (AvgIpc) is 3.23. The van der Waals surface area contributed by atoms with Crippen LogP contribution in [-0.4, -0.2) is 60.0 Å². The summed E-state index contributed by atoms with van der Waals surface area (Å²) >= 11 is 0. The fraction of sp³-hybridized carbons (Fsp3) is 0.938. The van der Waals surface area contributed by atoms with Crippen molar-refractivity contribution in [3.05, 3.63) is 0 Å². The van der Waals surface area contributed by atoms with E-state index in [1.165, 1.54) is 51.6 Å². The van der Waals surface area contributed by atoms with E-state index in [0.29, 0.717) is 24.0 Å². The SMILES string of the molecule is O=C(C1CC2CCC1N2)N1CCCC(N2CCCC2)C1. The highest BCUT2D eigenvalue weighted by molar-refractivity contribution is 5.80. The molecule has 0 aromatic rings. The van der Waals surface area contributed by atoms with Gasteiger partial charge in [-0.05, 0) is 58.0 Å². The van der Waals surface area contributed by atoms with Crippen LogP contribution in [-0.2, 0) is 4.79 Å². The summed E-state index contributed by atoms with van der Waals surface area (Å²) in [5.74, 6) is 0.736. The molecule has 0 radical (unpaired) electrons. The average molecular weight is 277 g/mol. The van der Waals surface area contributed by atoms with Crippen LogP contribution in [0.1, 0.15) is 44.9 Å². The van der Waals surface area contributed by atoms with Gasteiger partial charge in [0.2, 0.25) is 5.91 Å². The maximum atomic E-state index is 12.8. The lowest BCUT2D eigenvalue weighted by molar-refractivity contribution is -0.138. The van der Waals surface area contributed by atoms with Gasteiger partial charge >= 0.3 is 0 Å². The Morgan fingerprint density at radius 1 is 1.00 bits per heavy atom. The zero-order valence-corrected chi connectivity index (χ0v) is 12.4. The van der Waals surface area contributed by atoms with Crippen LogP contribution in [0.3, 0.4) is 0 Å². The van der Waals surface area contributed by atoms with Gasteiger partial charge in [-0.15, -0.1) is 0 Å². The number of piperidine rings is 1. The standard InChI is InChI=1S/C16H27N3O/c20-16(14-10-12-5-6-15(14)17-12)19-9-3-4-13(11-19)18-7-1-2-8-18/h12-15,17H,1-11H2. The molecule has 4 rings (SSSR count). The third-order valence-electron chi connectivity index (χ3n) is 5.98. The second-order valence-electron chi connectivity index (χ2n) is 7.21. The molecule has 4 nitrogen and oxygen atoms in total. The molecule has 4 aliphatic heterocycles. The number of nitrogens with one attached hydrogen (secondary N) is 1. The van der Waals surface area contributed by atoms with Crippen molar-refractivity contribution in [2.75, 3.05) is 26.2 Å². The van der Waals surface area contributed by atoms with Gasteiger partial charge in [0, 0.05) is 31.2 Å². The molecule has 112 valence electrons. The molecule has 0 saturated carbocycles. The van der Waals surface area contributed by atoms with Crippen molar-refractivity contribution in [3.63, 3.8) is 0 Å². The molecule has 2 bridgehead atoms. The molecule has 1 N–H and O–H groups in total. The number of hydrogen-bond donors (Lipinski definition) is 1. The van der Waals surface area contributed by atoms with Gasteiger partial charge < -0.3 is 10.2 Å². The number of carbonyl (C=O) groups excluding carboxylic acids is 1. The lowest BCUT2D eigenvalue weighted by atomic mass is 9.87. The van der Waals surface area contributed by atoms with Crippen LogP contribution in [0.4, 0.5) is 0 Å². The van der Waals surface area contributed by atoms with E-state index in [0.717, 1.165) is 19.5 Å². The Labute approximate surface area is 121 Å². The fourth-order valence-electron chi connectivity index (χ4n) is 4.89. The summed E-state index contributed by atoms with van der Waals surface area (Å²) in [4.78, 5) is 17.6. The summed E-state index contributed by atoms with van der Waals surface area (Å²) in [5, 5.41) is 3.61. The van der Waals surface area contributed by atoms with Crippen LogP contribution in [0.2, 0.25) is 0 Å². The van der Waals surface area contributed by atoms with Crippen LogP contribution in [0.15, 0.2) is 0 Å². The largest absolute Gasteiger partial charge is 0.341 e. The molecule has 4 aliphatic rings. The number of hydrogen-bond acceptors (Lipinski definition) is 3. The molecular weight excluding hydrogens is 250 g/mol. The molecule has 4 atom stereocenters. The number of fused-ring (bicyclic) bond motifs is 2. The minimum Gasteiger partial charge on any atom is -0.341 e. The van der Waals surface area contributed by atoms with Crippen molar-refractivity contribution < 1.29 is 4.79 Å². The van der Waals surface area contributed by atoms with E-state index >= 15 is 0 Å². The molecule has 20 heavy (non-hydrogen) atoms. The van der Waals surface area contributed by atoms with Crippen LogP contribution < -0.4 is 5.32 Å². The van der Waals surface area contributed by atoms with E-state index < -0.39 is 0 Å². The maximum absolute atomic E-state index is 12.8. The quantitative estimate of drug-likeness (QED) is 0.824. The number of amides is 1. The summed E-state index contributed by atoms with van der Waals surface area (Å²) in [6.07, 6.45) is 8.77. The third-order valence-corrected chi connectivity index (χ3v) is 5.98. The van der Waals surface area contributed by atoms with E-state index in [4.69, 9.17) is 0 Å². The van der Waals surface area contributed by atoms with E-state index in [1.807, 2.05) is 0 Å². The molecule has 4 unspecified atom stereocenters. The second kappa shape index (κ2) is 5.30. The van der Waals surface area contributed by atoms with Crippen molar-refractivity contribution in [1.29, 1.82) is 0 Å². The van der Waals surface area contributed by atoms with Gasteiger partial charge in [0.15, 0.2) is 0 Å². The van der Waals surface area contributed by atoms with Crippen LogP contribution in [0.25, 0.3) is 0 Å². The second-order valence-corrected chi connectivity index (χ2v) is 7.21. The van der Waals surface area contributed by atoms with E-state index in [-0.39, 0.29) is 5.92 Å². The highest BCUT2D eigenvalue weighted by Crippen LogP contribution is 2.35. The zero-order valence-electron chi connectivity index (χ0n) is 12.4. The van der Waals surface area contributed by atoms with Crippen LogP contribution in [0.5, 0.6) is 0 Å². The Balaban J connectivity index is 1.39. The van der Waals surface area contributed by atoms with Crippen molar-refractivity contribution >= 4 is 5.91 Å². The van der Waals surface area contributed by atoms with Crippen molar-refractivity contribution in [1.82, 2.24) is 15.1 Å². The first kappa shape index (κ1) is 13.1. The molecule has 4 fully saturated rings. The number of carbonyl (C=O) groups is 1. The molecular formula is C16H27N3O. The van der Waals surface area contributed by atoms with E-state index in [2.05, 4.69) is 15.1 Å². The number of rotatable bonds is 2. The normalized spacial score (nSPS) is 41.5. The highest BCUT2D eigenvalue weighted by atomic mass is 16.2. The monoisotopic (exact) mass is 277 g/mol. The zero-order chi connectivity index (χ0) is 13.5. The molecule has 0 aromatic carbocycles. The molecule has 4 saturated heterocycles. The minimum atomic E-state index is 0.283. The first-order valence-electron chi connectivity index (χ1n) is 8.60. The summed E-state index contributed by atoms with van der Waals surface area (Å²) in [5.41, 5.74) is 0. The summed E-state index contributed by atoms with van der Waals surface area (Å²) < 4.78 is 0. The van der Waals surface area contributed by atoms with Gasteiger partial charge in [0.05, 0.1) is 5.92 Å². The third kappa shape index (κ3) is 2.27. The topological polar surface area (TPSA) is 35.6 Å². The maximum Gasteiger partial charge on any atom is 0.227 e. The lowest BCUT2D eigenvalue weighted by Crippen LogP contribution is -2.51. The van der Waals surface area contributed by atoms with E-state index in [1.54, 1.807) is 0 Å². The summed E-state index contributed by atoms with van der Waals surface area (Å²) in [6.45, 7) is 4.49. The highest BCUT2D eigenvalue weighted by Gasteiger charge is 2.44. The first-order chi connectivity index (χ1) is 9.81. The van der Waals surface area contributed by atoms with Gasteiger partial charge in [0.25, 0.3) is 0 Å². The molecule has 0 aromatic heterocycles. The molecule has 0 spiro atoms. The molecule has 4 heterocycles.